The summed E-state index contributed by atoms with van der Waals surface area (Å²) in [6.07, 6.45) is -16.3. The molecule has 3 heterocycles. The largest absolute Gasteiger partial charge is 0.508 e. The molecule has 2 fully saturated rings. The summed E-state index contributed by atoms with van der Waals surface area (Å²) in [6, 6.07) is 12.8. The van der Waals surface area contributed by atoms with Gasteiger partial charge < -0.3 is 84.6 Å². The number of hydrogen-bond acceptors (Lipinski definition) is 19. The number of fused-ring (bicyclic) bond motifs is 1. The van der Waals surface area contributed by atoms with Crippen molar-refractivity contribution in [3.05, 3.63) is 72.3 Å². The monoisotopic (exact) mass is 843 g/mol. The van der Waals surface area contributed by atoms with Crippen LogP contribution in [-0.2, 0) is 33.3 Å². The third-order valence-corrected chi connectivity index (χ3v) is 9.27. The van der Waals surface area contributed by atoms with Crippen LogP contribution in [0.5, 0.6) is 34.5 Å². The van der Waals surface area contributed by atoms with E-state index in [1.165, 1.54) is 60.7 Å². The summed E-state index contributed by atoms with van der Waals surface area (Å²) in [7, 11) is 0. The lowest BCUT2D eigenvalue weighted by molar-refractivity contribution is -0.278. The first-order chi connectivity index (χ1) is 28.5. The molecule has 0 bridgehead atoms. The zero-order valence-corrected chi connectivity index (χ0v) is 30.8. The van der Waals surface area contributed by atoms with Crippen LogP contribution >= 0.6 is 0 Å². The van der Waals surface area contributed by atoms with Gasteiger partial charge in [-0.15, -0.1) is 0 Å². The number of esters is 2. The third-order valence-electron chi connectivity index (χ3n) is 9.27. The van der Waals surface area contributed by atoms with Crippen molar-refractivity contribution in [2.45, 2.75) is 67.8 Å². The quantitative estimate of drug-likeness (QED) is 0.0274. The number of aromatic hydroxyl groups is 4. The van der Waals surface area contributed by atoms with Crippen LogP contribution in [0.1, 0.15) is 12.0 Å². The van der Waals surface area contributed by atoms with Crippen molar-refractivity contribution in [1.29, 1.82) is 0 Å². The van der Waals surface area contributed by atoms with Gasteiger partial charge in [0.1, 0.15) is 91.1 Å². The van der Waals surface area contributed by atoms with Crippen LogP contribution in [-0.4, -0.2) is 149 Å². The molecular weight excluding hydrogens is 804 g/mol. The first kappa shape index (κ1) is 43.3. The van der Waals surface area contributed by atoms with Crippen LogP contribution in [0.15, 0.2) is 71.2 Å². The summed E-state index contributed by atoms with van der Waals surface area (Å²) in [5.41, 5.74) is 0.489. The Morgan fingerprint density at radius 1 is 0.667 bits per heavy atom. The lowest BCUT2D eigenvalue weighted by Gasteiger charge is -2.39. The number of hydrogen-bond donors (Lipinski definition) is 11. The number of aliphatic carboxylic acids is 1. The van der Waals surface area contributed by atoms with Gasteiger partial charge in [-0.05, 0) is 48.0 Å². The van der Waals surface area contributed by atoms with Crippen molar-refractivity contribution < 1.29 is 103 Å². The molecule has 2 aliphatic rings. The average molecular weight is 844 g/mol. The summed E-state index contributed by atoms with van der Waals surface area (Å²) in [4.78, 5) is 35.0. The molecule has 0 aliphatic carbocycles. The van der Waals surface area contributed by atoms with E-state index in [0.29, 0.717) is 5.56 Å². The van der Waals surface area contributed by atoms with Crippen molar-refractivity contribution in [3.8, 4) is 45.8 Å². The maximum atomic E-state index is 12.4. The van der Waals surface area contributed by atoms with E-state index < -0.39 is 110 Å². The van der Waals surface area contributed by atoms with Crippen molar-refractivity contribution in [1.82, 2.24) is 0 Å². The van der Waals surface area contributed by atoms with E-state index >= 15 is 0 Å². The maximum Gasteiger partial charge on any atom is 0.402 e. The minimum Gasteiger partial charge on any atom is -0.508 e. The molecule has 0 radical (unpaired) electrons. The number of carboxylic acid groups (broad SMARTS) is 1. The Morgan fingerprint density at radius 2 is 1.28 bits per heavy atom. The molecule has 2 saturated heterocycles. The fourth-order valence-corrected chi connectivity index (χ4v) is 6.08. The predicted molar refractivity (Wildman–Crippen MR) is 197 cm³/mol. The molecule has 2 aliphatic heterocycles. The van der Waals surface area contributed by atoms with Gasteiger partial charge in [0, 0.05) is 18.2 Å². The van der Waals surface area contributed by atoms with E-state index in [0.717, 1.165) is 12.1 Å². The molecule has 21 heteroatoms. The highest BCUT2D eigenvalue weighted by atomic mass is 16.7. The second-order valence-corrected chi connectivity index (χ2v) is 13.6. The number of phenols is 4. The molecule has 0 saturated carbocycles. The molecular formula is C39H39O21+. The Hall–Kier alpha value is -6.30. The normalized spacial score (nSPS) is 26.7. The second kappa shape index (κ2) is 18.3. The molecule has 10 atom stereocenters. The first-order valence-corrected chi connectivity index (χ1v) is 17.9. The molecule has 4 aromatic rings. The van der Waals surface area contributed by atoms with Crippen molar-refractivity contribution in [2.24, 2.45) is 0 Å². The van der Waals surface area contributed by atoms with Crippen molar-refractivity contribution in [3.63, 3.8) is 0 Å². The number of rotatable bonds is 13. The number of carbonyl (C=O) groups is 3. The lowest BCUT2D eigenvalue weighted by atomic mass is 9.99. The molecule has 3 aromatic carbocycles. The van der Waals surface area contributed by atoms with Gasteiger partial charge in [-0.1, -0.05) is 6.07 Å². The Bertz CT molecular complexity index is 2230. The topological polar surface area (TPSA) is 340 Å². The van der Waals surface area contributed by atoms with Gasteiger partial charge in [0.15, 0.2) is 11.5 Å². The van der Waals surface area contributed by atoms with Crippen LogP contribution in [0.25, 0.3) is 28.4 Å². The number of aliphatic hydroxyl groups is 6. The van der Waals surface area contributed by atoms with Gasteiger partial charge in [0.05, 0.1) is 11.6 Å². The standard InChI is InChI=1S/C39H38O21/c40-18-5-3-17(4-6-18)37-25(58-39-36(53)34(51)32(49)27(60-39)15-55-30(47)13-28(44)45)12-20-22(42)10-19(11-24(20)57-37)56-38-35(52)33(50)31(48)26(59-38)14-54-29(46)8-2-16-1-7-21(41)23(43)9-16/h1-12,26-27,31-36,38-39,48-53H,13-15H2,(H4-,40,41,42,43,44,45,46)/p+1. The van der Waals surface area contributed by atoms with E-state index in [9.17, 15) is 65.4 Å². The van der Waals surface area contributed by atoms with Gasteiger partial charge in [-0.25, -0.2) is 9.21 Å². The summed E-state index contributed by atoms with van der Waals surface area (Å²) >= 11 is 0. The Kier molecular flexibility index (Phi) is 13.2. The minimum absolute atomic E-state index is 0.0501. The Balaban J connectivity index is 1.22. The number of aliphatic hydroxyl groups excluding tert-OH is 6. The van der Waals surface area contributed by atoms with Gasteiger partial charge >= 0.3 is 29.3 Å². The first-order valence-electron chi connectivity index (χ1n) is 17.9. The van der Waals surface area contributed by atoms with Gasteiger partial charge in [0.2, 0.25) is 18.3 Å². The molecule has 0 amide bonds. The van der Waals surface area contributed by atoms with E-state index in [2.05, 4.69) is 0 Å². The minimum atomic E-state index is -1.92. The van der Waals surface area contributed by atoms with Crippen molar-refractivity contribution in [2.75, 3.05) is 13.2 Å². The Labute approximate surface area is 337 Å². The number of carbonyl (C=O) groups excluding carboxylic acids is 2. The van der Waals surface area contributed by atoms with Gasteiger partial charge in [-0.3, -0.25) is 9.59 Å². The highest BCUT2D eigenvalue weighted by Gasteiger charge is 2.47. The van der Waals surface area contributed by atoms with Crippen LogP contribution in [0.3, 0.4) is 0 Å². The van der Waals surface area contributed by atoms with E-state index in [1.807, 2.05) is 0 Å². The molecule has 6 rings (SSSR count). The third kappa shape index (κ3) is 9.93. The second-order valence-electron chi connectivity index (χ2n) is 13.6. The lowest BCUT2D eigenvalue weighted by Crippen LogP contribution is -2.60. The van der Waals surface area contributed by atoms with Crippen LogP contribution in [0.2, 0.25) is 0 Å². The predicted octanol–water partition coefficient (Wildman–Crippen LogP) is -0.149. The zero-order valence-electron chi connectivity index (χ0n) is 30.8. The summed E-state index contributed by atoms with van der Waals surface area (Å²) in [5.74, 6) is -5.56. The molecule has 21 nitrogen and oxygen atoms in total. The van der Waals surface area contributed by atoms with E-state index in [1.54, 1.807) is 0 Å². The molecule has 60 heavy (non-hydrogen) atoms. The molecule has 10 unspecified atom stereocenters. The van der Waals surface area contributed by atoms with Gasteiger partial charge in [0.25, 0.3) is 0 Å². The number of benzene rings is 3. The highest BCUT2D eigenvalue weighted by molar-refractivity contribution is 5.90. The van der Waals surface area contributed by atoms with Crippen LogP contribution in [0, 0.1) is 0 Å². The highest BCUT2D eigenvalue weighted by Crippen LogP contribution is 2.41. The Morgan fingerprint density at radius 3 is 1.90 bits per heavy atom. The van der Waals surface area contributed by atoms with Gasteiger partial charge in [-0.2, -0.15) is 0 Å². The van der Waals surface area contributed by atoms with Crippen LogP contribution < -0.4 is 9.47 Å². The smallest absolute Gasteiger partial charge is 0.402 e. The molecule has 1 aromatic heterocycles. The zero-order chi connectivity index (χ0) is 43.4. The molecule has 320 valence electrons. The number of ether oxygens (including phenoxy) is 6. The van der Waals surface area contributed by atoms with Crippen molar-refractivity contribution >= 4 is 35.0 Å². The van der Waals surface area contributed by atoms with E-state index in [4.69, 9.17) is 37.9 Å². The van der Waals surface area contributed by atoms with E-state index in [-0.39, 0.29) is 45.3 Å². The molecule has 11 N–H and O–H groups in total. The van der Waals surface area contributed by atoms with Crippen LogP contribution in [0.4, 0.5) is 0 Å². The fourth-order valence-electron chi connectivity index (χ4n) is 6.08. The SMILES string of the molecule is O=C(O)CC(=O)OCC1OC(Oc2cc3c(O)cc(OC4OC(COC(=O)C=Cc5ccc(O)c(O)c5)C(O)C(O)C4O)cc3[o+]c2-c2ccc(O)cc2)C(O)C(O)C1O. The summed E-state index contributed by atoms with van der Waals surface area (Å²) in [5, 5.41) is 113. The number of carboxylic acids is 1. The maximum absolute atomic E-state index is 12.4. The summed E-state index contributed by atoms with van der Waals surface area (Å²) < 4.78 is 39.0. The fraction of sp³-hybridized carbons (Fsp3) is 0.333. The average Bonchev–Trinajstić information content (AvgIpc) is 3.20. The summed E-state index contributed by atoms with van der Waals surface area (Å²) in [6.45, 7) is -1.36. The molecule has 0 spiro atoms. The number of phenolic OH excluding ortho intramolecular Hbond substituents is 4.